The molecule has 2 nitrogen and oxygen atoms in total. The van der Waals surface area contributed by atoms with Crippen LogP contribution in [0.1, 0.15) is 170 Å². The van der Waals surface area contributed by atoms with Gasteiger partial charge in [0.25, 0.3) is 0 Å². The lowest BCUT2D eigenvalue weighted by Crippen LogP contribution is -2.30. The minimum atomic E-state index is 0.200. The topological polar surface area (TPSA) is 24.7 Å². The molecule has 0 radical (unpaired) electrons. The van der Waals surface area contributed by atoms with Crippen LogP contribution in [0.15, 0.2) is 135 Å². The predicted molar refractivity (Wildman–Crippen MR) is 252 cm³/mol. The second kappa shape index (κ2) is 15.3. The van der Waals surface area contributed by atoms with Gasteiger partial charge in [0.05, 0.1) is 6.04 Å². The highest BCUT2D eigenvalue weighted by molar-refractivity contribution is 6.10. The van der Waals surface area contributed by atoms with Crippen molar-refractivity contribution in [1.82, 2.24) is 0 Å². The number of hydrogen-bond acceptors (Lipinski definition) is 2. The van der Waals surface area contributed by atoms with Gasteiger partial charge < -0.3 is 0 Å². The van der Waals surface area contributed by atoms with E-state index in [2.05, 4.69) is 91.1 Å². The number of amidine groups is 1. The van der Waals surface area contributed by atoms with E-state index >= 15 is 0 Å². The second-order valence-corrected chi connectivity index (χ2v) is 20.3. The van der Waals surface area contributed by atoms with E-state index in [0.717, 1.165) is 50.8 Å². The summed E-state index contributed by atoms with van der Waals surface area (Å²) in [5.41, 5.74) is 22.8. The Labute approximate surface area is 359 Å². The fourth-order valence-electron chi connectivity index (χ4n) is 14.3. The van der Waals surface area contributed by atoms with Crippen molar-refractivity contribution in [1.29, 1.82) is 0 Å². The number of nitrogens with zero attached hydrogens (tertiary/aromatic N) is 2. The van der Waals surface area contributed by atoms with Gasteiger partial charge in [-0.15, -0.1) is 0 Å². The van der Waals surface area contributed by atoms with E-state index in [-0.39, 0.29) is 16.9 Å². The Kier molecular flexibility index (Phi) is 9.52. The fourth-order valence-corrected chi connectivity index (χ4v) is 14.3. The number of fused-ring (bicyclic) bond motifs is 9. The fraction of sp³-hybridized carbons (Fsp3) is 0.483. The molecule has 3 unspecified atom stereocenters. The minimum absolute atomic E-state index is 0.200. The number of hydrogen-bond donors (Lipinski definition) is 0. The van der Waals surface area contributed by atoms with Crippen LogP contribution in [0.3, 0.4) is 0 Å². The first-order valence-electron chi connectivity index (χ1n) is 24.7. The average molecular weight is 789 g/mol. The van der Waals surface area contributed by atoms with Gasteiger partial charge in [-0.05, 0) is 182 Å². The zero-order valence-corrected chi connectivity index (χ0v) is 36.1. The van der Waals surface area contributed by atoms with Gasteiger partial charge in [-0.25, -0.2) is 4.99 Å². The van der Waals surface area contributed by atoms with E-state index in [4.69, 9.17) is 9.98 Å². The van der Waals surface area contributed by atoms with Crippen molar-refractivity contribution in [2.75, 3.05) is 0 Å². The molecule has 306 valence electrons. The average Bonchev–Trinajstić information content (AvgIpc) is 3.74. The molecule has 2 heteroatoms. The summed E-state index contributed by atoms with van der Waals surface area (Å²) in [4.78, 5) is 10.7. The molecule has 9 aliphatic carbocycles. The van der Waals surface area contributed by atoms with Gasteiger partial charge >= 0.3 is 0 Å². The molecule has 3 atom stereocenters. The zero-order chi connectivity index (χ0) is 39.7. The Morgan fingerprint density at radius 1 is 0.617 bits per heavy atom. The molecule has 0 aromatic heterocycles. The van der Waals surface area contributed by atoms with Crippen LogP contribution >= 0.6 is 0 Å². The number of benzene rings is 2. The van der Waals surface area contributed by atoms with E-state index in [1.165, 1.54) is 120 Å². The van der Waals surface area contributed by atoms with Gasteiger partial charge in [0.2, 0.25) is 0 Å². The van der Waals surface area contributed by atoms with Gasteiger partial charge in [-0.3, -0.25) is 4.99 Å². The smallest absolute Gasteiger partial charge is 0.127 e. The SMILES string of the molecule is C1=CC(C2CC(C3=CC=C(C4C=C(C5=CCCC6=C5c5cc7c(cc5C65CCCCC5)-c5ccccc5C75CCCCC5)CCC4)CC3)=NC(C3CC=CCC3)=N2)=CCC1. The van der Waals surface area contributed by atoms with Crippen molar-refractivity contribution in [2.24, 2.45) is 21.8 Å². The monoisotopic (exact) mass is 789 g/mol. The van der Waals surface area contributed by atoms with Crippen molar-refractivity contribution in [3.8, 4) is 11.1 Å². The van der Waals surface area contributed by atoms with Crippen molar-refractivity contribution in [3.63, 3.8) is 0 Å². The molecule has 2 aromatic carbocycles. The molecule has 60 heavy (non-hydrogen) atoms. The predicted octanol–water partition coefficient (Wildman–Crippen LogP) is 15.2. The maximum Gasteiger partial charge on any atom is 0.127 e. The van der Waals surface area contributed by atoms with Crippen LogP contribution in [-0.4, -0.2) is 17.6 Å². The molecule has 1 aliphatic heterocycles. The molecule has 1 heterocycles. The Balaban J connectivity index is 0.883. The normalized spacial score (nSPS) is 28.7. The summed E-state index contributed by atoms with van der Waals surface area (Å²) < 4.78 is 0. The quantitative estimate of drug-likeness (QED) is 0.270. The van der Waals surface area contributed by atoms with Gasteiger partial charge in [0, 0.05) is 28.9 Å². The minimum Gasteiger partial charge on any atom is -0.262 e. The summed E-state index contributed by atoms with van der Waals surface area (Å²) in [6.45, 7) is 0. The summed E-state index contributed by atoms with van der Waals surface area (Å²) in [6, 6.07) is 15.4. The first-order chi connectivity index (χ1) is 29.7. The van der Waals surface area contributed by atoms with Gasteiger partial charge in [-0.1, -0.05) is 129 Å². The van der Waals surface area contributed by atoms with Gasteiger partial charge in [0.1, 0.15) is 5.84 Å². The van der Waals surface area contributed by atoms with Crippen LogP contribution in [-0.2, 0) is 10.8 Å². The summed E-state index contributed by atoms with van der Waals surface area (Å²) in [7, 11) is 0. The molecule has 0 amide bonds. The van der Waals surface area contributed by atoms with E-state index < -0.39 is 0 Å². The van der Waals surface area contributed by atoms with E-state index in [1.54, 1.807) is 55.7 Å². The lowest BCUT2D eigenvalue weighted by Gasteiger charge is -2.39. The Bertz CT molecular complexity index is 2430. The largest absolute Gasteiger partial charge is 0.262 e. The lowest BCUT2D eigenvalue weighted by atomic mass is 9.64. The zero-order valence-electron chi connectivity index (χ0n) is 36.1. The van der Waals surface area contributed by atoms with E-state index in [9.17, 15) is 0 Å². The molecular formula is C58H64N2. The van der Waals surface area contributed by atoms with E-state index in [1.807, 2.05) is 5.57 Å². The van der Waals surface area contributed by atoms with Crippen molar-refractivity contribution >= 4 is 17.1 Å². The molecule has 2 aromatic rings. The van der Waals surface area contributed by atoms with E-state index in [0.29, 0.717) is 11.8 Å². The third-order valence-electron chi connectivity index (χ3n) is 17.2. The molecule has 2 saturated carbocycles. The highest BCUT2D eigenvalue weighted by Gasteiger charge is 2.50. The summed E-state index contributed by atoms with van der Waals surface area (Å²) in [5, 5.41) is 0. The second-order valence-electron chi connectivity index (χ2n) is 20.3. The highest BCUT2D eigenvalue weighted by atomic mass is 15.0. The maximum atomic E-state index is 5.39. The molecular weight excluding hydrogens is 725 g/mol. The number of rotatable bonds is 5. The number of aliphatic imine (C=N–C) groups is 2. The molecule has 0 N–H and O–H groups in total. The standard InChI is InChI=1S/C58H64N2/c1-5-17-40(18-6-1)53-38-54(60-56(59-53)42-19-7-2-8-20-42)41-29-27-39(28-30-41)43-21-15-22-44(35-43)45-24-16-26-50-55(45)48-37-51-47(36-52(48)58(50)33-13-4-14-34-58)46-23-9-10-25-49(46)57(51)31-11-3-12-32-57/h2,5,7,9-10,17-18,23-25,27,29,35-37,42-43,53H,1,3-4,6,8,11-16,19-22,26,28,30-34,38H2. The molecule has 0 saturated heterocycles. The molecule has 2 fully saturated rings. The van der Waals surface area contributed by atoms with Gasteiger partial charge in [0.15, 0.2) is 0 Å². The Morgan fingerprint density at radius 2 is 1.45 bits per heavy atom. The Hall–Kier alpha value is -4.30. The van der Waals surface area contributed by atoms with Crippen molar-refractivity contribution < 1.29 is 0 Å². The third kappa shape index (κ3) is 6.07. The molecule has 10 aliphatic rings. The lowest BCUT2D eigenvalue weighted by molar-refractivity contribution is 0.337. The van der Waals surface area contributed by atoms with Crippen LogP contribution in [0, 0.1) is 11.8 Å². The molecule has 2 spiro atoms. The van der Waals surface area contributed by atoms with Crippen LogP contribution in [0.25, 0.3) is 16.7 Å². The Morgan fingerprint density at radius 3 is 2.25 bits per heavy atom. The maximum absolute atomic E-state index is 5.39. The summed E-state index contributed by atoms with van der Waals surface area (Å²) >= 11 is 0. The first-order valence-corrected chi connectivity index (χ1v) is 24.7. The highest BCUT2D eigenvalue weighted by Crippen LogP contribution is 2.64. The van der Waals surface area contributed by atoms with Crippen LogP contribution in [0.2, 0.25) is 0 Å². The summed E-state index contributed by atoms with van der Waals surface area (Å²) in [6.07, 6.45) is 50.9. The first kappa shape index (κ1) is 37.5. The summed E-state index contributed by atoms with van der Waals surface area (Å²) in [5.74, 6) is 2.10. The molecule has 0 bridgehead atoms. The van der Waals surface area contributed by atoms with Gasteiger partial charge in [-0.2, -0.15) is 0 Å². The third-order valence-corrected chi connectivity index (χ3v) is 17.2. The van der Waals surface area contributed by atoms with Crippen LogP contribution in [0.5, 0.6) is 0 Å². The van der Waals surface area contributed by atoms with Crippen molar-refractivity contribution in [3.05, 3.63) is 147 Å². The molecule has 12 rings (SSSR count). The van der Waals surface area contributed by atoms with Crippen LogP contribution in [0.4, 0.5) is 0 Å². The number of allylic oxidation sites excluding steroid dienone is 14. The van der Waals surface area contributed by atoms with Crippen LogP contribution < -0.4 is 0 Å². The van der Waals surface area contributed by atoms with Crippen molar-refractivity contribution in [2.45, 2.75) is 165 Å².